The fourth-order valence-corrected chi connectivity index (χ4v) is 5.18. The Kier molecular flexibility index (Phi) is 5.85. The van der Waals surface area contributed by atoms with E-state index in [4.69, 9.17) is 4.98 Å². The third-order valence-corrected chi connectivity index (χ3v) is 6.98. The lowest BCUT2D eigenvalue weighted by Crippen LogP contribution is -2.40. The minimum absolute atomic E-state index is 0.0180. The van der Waals surface area contributed by atoms with Gasteiger partial charge in [-0.2, -0.15) is 0 Å². The van der Waals surface area contributed by atoms with Gasteiger partial charge in [0.2, 0.25) is 5.91 Å². The number of nitrogens with zero attached hydrogens (tertiary/aromatic N) is 3. The molecule has 0 aromatic carbocycles. The number of hydrogen-bond donors (Lipinski definition) is 1. The first-order chi connectivity index (χ1) is 13.5. The zero-order valence-electron chi connectivity index (χ0n) is 17.4. The van der Waals surface area contributed by atoms with Crippen LogP contribution in [0, 0.1) is 5.92 Å². The number of nitrogens with one attached hydrogen (secondary N) is 1. The van der Waals surface area contributed by atoms with E-state index in [9.17, 15) is 9.59 Å². The van der Waals surface area contributed by atoms with Gasteiger partial charge in [0.25, 0.3) is 5.56 Å². The molecular formula is C22H34N4O2. The Morgan fingerprint density at radius 3 is 2.71 bits per heavy atom. The first-order valence-corrected chi connectivity index (χ1v) is 11.2. The molecule has 4 rings (SSSR count). The van der Waals surface area contributed by atoms with Gasteiger partial charge in [-0.3, -0.25) is 14.5 Å². The van der Waals surface area contributed by atoms with Crippen LogP contribution in [0.1, 0.15) is 88.3 Å². The molecule has 1 saturated carbocycles. The largest absolute Gasteiger partial charge is 0.333 e. The van der Waals surface area contributed by atoms with Crippen molar-refractivity contribution < 1.29 is 4.79 Å². The zero-order chi connectivity index (χ0) is 19.7. The second-order valence-corrected chi connectivity index (χ2v) is 9.12. The molecule has 1 unspecified atom stereocenters. The molecule has 1 saturated heterocycles. The van der Waals surface area contributed by atoms with E-state index in [0.29, 0.717) is 24.8 Å². The number of likely N-dealkylation sites (tertiary alicyclic amines) is 1. The van der Waals surface area contributed by atoms with E-state index in [0.717, 1.165) is 55.9 Å². The third kappa shape index (κ3) is 4.02. The molecule has 154 valence electrons. The fraction of sp³-hybridized carbons (Fsp3) is 0.773. The molecule has 3 aliphatic rings. The highest BCUT2D eigenvalue weighted by atomic mass is 16.2. The normalized spacial score (nSPS) is 23.5. The van der Waals surface area contributed by atoms with Gasteiger partial charge in [0, 0.05) is 38.5 Å². The third-order valence-electron chi connectivity index (χ3n) is 6.98. The Labute approximate surface area is 167 Å². The maximum atomic E-state index is 12.9. The molecule has 1 N–H and O–H groups in total. The highest BCUT2D eigenvalue weighted by molar-refractivity contribution is 5.76. The van der Waals surface area contributed by atoms with Gasteiger partial charge in [-0.1, -0.05) is 25.7 Å². The van der Waals surface area contributed by atoms with Gasteiger partial charge in [-0.05, 0) is 39.0 Å². The molecule has 1 amide bonds. The summed E-state index contributed by atoms with van der Waals surface area (Å²) in [5, 5.41) is 0. The van der Waals surface area contributed by atoms with Gasteiger partial charge < -0.3 is 9.88 Å². The minimum Gasteiger partial charge on any atom is -0.333 e. The van der Waals surface area contributed by atoms with E-state index in [1.165, 1.54) is 25.7 Å². The van der Waals surface area contributed by atoms with Gasteiger partial charge in [0.05, 0.1) is 17.3 Å². The highest BCUT2D eigenvalue weighted by Gasteiger charge is 2.33. The maximum absolute atomic E-state index is 12.9. The van der Waals surface area contributed by atoms with E-state index in [-0.39, 0.29) is 17.5 Å². The minimum atomic E-state index is -0.0581. The first-order valence-electron chi connectivity index (χ1n) is 11.2. The lowest BCUT2D eigenvalue weighted by Gasteiger charge is -2.31. The molecule has 0 spiro atoms. The van der Waals surface area contributed by atoms with Crippen molar-refractivity contribution in [2.45, 2.75) is 90.3 Å². The van der Waals surface area contributed by atoms with Crippen LogP contribution in [-0.4, -0.2) is 44.8 Å². The number of carbonyl (C=O) groups is 1. The van der Waals surface area contributed by atoms with Gasteiger partial charge >= 0.3 is 0 Å². The molecule has 1 aliphatic carbocycles. The number of carbonyl (C=O) groups excluding carboxylic acids is 1. The summed E-state index contributed by atoms with van der Waals surface area (Å²) < 4.78 is 0. The van der Waals surface area contributed by atoms with E-state index in [2.05, 4.69) is 23.7 Å². The van der Waals surface area contributed by atoms with Gasteiger partial charge in [-0.15, -0.1) is 0 Å². The van der Waals surface area contributed by atoms with Crippen molar-refractivity contribution in [2.24, 2.45) is 5.92 Å². The summed E-state index contributed by atoms with van der Waals surface area (Å²) in [5.74, 6) is 1.67. The van der Waals surface area contributed by atoms with Crippen molar-refractivity contribution >= 4 is 5.91 Å². The van der Waals surface area contributed by atoms with Crippen LogP contribution in [0.4, 0.5) is 0 Å². The highest BCUT2D eigenvalue weighted by Crippen LogP contribution is 2.33. The maximum Gasteiger partial charge on any atom is 0.255 e. The van der Waals surface area contributed by atoms with Crippen molar-refractivity contribution in [2.75, 3.05) is 13.1 Å². The van der Waals surface area contributed by atoms with Crippen molar-refractivity contribution in [3.63, 3.8) is 0 Å². The van der Waals surface area contributed by atoms with Gasteiger partial charge in [0.15, 0.2) is 0 Å². The molecule has 6 nitrogen and oxygen atoms in total. The number of aromatic amines is 1. The molecule has 28 heavy (non-hydrogen) atoms. The quantitative estimate of drug-likeness (QED) is 0.844. The predicted octanol–water partition coefficient (Wildman–Crippen LogP) is 3.17. The van der Waals surface area contributed by atoms with Gasteiger partial charge in [-0.25, -0.2) is 4.98 Å². The lowest BCUT2D eigenvalue weighted by atomic mass is 10.0. The first kappa shape index (κ1) is 19.6. The number of H-pyrrole nitrogens is 1. The molecule has 1 aromatic heterocycles. The number of fused-ring (bicyclic) bond motifs is 1. The Bertz CT molecular complexity index is 766. The Hall–Kier alpha value is -1.69. The Balaban J connectivity index is 1.47. The van der Waals surface area contributed by atoms with Crippen LogP contribution in [0.5, 0.6) is 0 Å². The molecule has 2 aliphatic heterocycles. The summed E-state index contributed by atoms with van der Waals surface area (Å²) in [6.45, 7) is 6.72. The average molecular weight is 387 g/mol. The summed E-state index contributed by atoms with van der Waals surface area (Å²) in [4.78, 5) is 37.8. The summed E-state index contributed by atoms with van der Waals surface area (Å²) in [6, 6.07) is 0.368. The van der Waals surface area contributed by atoms with Crippen LogP contribution in [-0.2, 0) is 17.8 Å². The van der Waals surface area contributed by atoms with Crippen molar-refractivity contribution in [3.05, 3.63) is 27.4 Å². The number of hydrogen-bond acceptors (Lipinski definition) is 4. The lowest BCUT2D eigenvalue weighted by molar-refractivity contribution is -0.132. The summed E-state index contributed by atoms with van der Waals surface area (Å²) in [6.07, 6.45) is 9.55. The van der Waals surface area contributed by atoms with Crippen LogP contribution in [0.25, 0.3) is 0 Å². The topological polar surface area (TPSA) is 69.3 Å². The summed E-state index contributed by atoms with van der Waals surface area (Å²) in [5.41, 5.74) is 1.72. The van der Waals surface area contributed by atoms with E-state index >= 15 is 0 Å². The molecule has 0 bridgehead atoms. The zero-order valence-corrected chi connectivity index (χ0v) is 17.4. The molecular weight excluding hydrogens is 352 g/mol. The van der Waals surface area contributed by atoms with Crippen LogP contribution >= 0.6 is 0 Å². The van der Waals surface area contributed by atoms with Crippen molar-refractivity contribution in [3.8, 4) is 0 Å². The van der Waals surface area contributed by atoms with Gasteiger partial charge in [0.1, 0.15) is 5.82 Å². The second kappa shape index (κ2) is 8.36. The SMILES string of the molecule is CC(C)N1CCc2nc(C3CCCN3C(=O)CCC3CCCC3)[nH]c(=O)c2C1. The molecule has 0 radical (unpaired) electrons. The van der Waals surface area contributed by atoms with Crippen LogP contribution < -0.4 is 5.56 Å². The van der Waals surface area contributed by atoms with E-state index in [1.807, 2.05) is 4.90 Å². The van der Waals surface area contributed by atoms with Crippen LogP contribution in [0.15, 0.2) is 4.79 Å². The predicted molar refractivity (Wildman–Crippen MR) is 109 cm³/mol. The molecule has 1 aromatic rings. The second-order valence-electron chi connectivity index (χ2n) is 9.12. The number of aromatic nitrogens is 2. The van der Waals surface area contributed by atoms with Crippen LogP contribution in [0.2, 0.25) is 0 Å². The van der Waals surface area contributed by atoms with E-state index in [1.54, 1.807) is 0 Å². The summed E-state index contributed by atoms with van der Waals surface area (Å²) in [7, 11) is 0. The molecule has 2 fully saturated rings. The monoisotopic (exact) mass is 386 g/mol. The fourth-order valence-electron chi connectivity index (χ4n) is 5.18. The number of rotatable bonds is 5. The molecule has 3 heterocycles. The Morgan fingerprint density at radius 2 is 1.96 bits per heavy atom. The van der Waals surface area contributed by atoms with E-state index < -0.39 is 0 Å². The Morgan fingerprint density at radius 1 is 1.18 bits per heavy atom. The van der Waals surface area contributed by atoms with Crippen molar-refractivity contribution in [1.82, 2.24) is 19.8 Å². The standard InChI is InChI=1S/C22H34N4O2/c1-15(2)25-13-11-18-17(14-25)22(28)24-21(23-18)19-8-5-12-26(19)20(27)10-9-16-6-3-4-7-16/h15-16,19H,3-14H2,1-2H3,(H,23,24,28). The average Bonchev–Trinajstić information content (AvgIpc) is 3.37. The molecule has 6 heteroatoms. The summed E-state index contributed by atoms with van der Waals surface area (Å²) >= 11 is 0. The molecule has 1 atom stereocenters. The van der Waals surface area contributed by atoms with Crippen LogP contribution in [0.3, 0.4) is 0 Å². The smallest absolute Gasteiger partial charge is 0.255 e. The van der Waals surface area contributed by atoms with Crippen molar-refractivity contribution in [1.29, 1.82) is 0 Å². The number of amides is 1.